The molecule has 5 heteroatoms. The molecule has 3 rings (SSSR count). The van der Waals surface area contributed by atoms with E-state index in [0.717, 1.165) is 26.8 Å². The Hall–Kier alpha value is -1.46. The first-order valence-electron chi connectivity index (χ1n) is 5.73. The van der Waals surface area contributed by atoms with Crippen LogP contribution in [0, 0.1) is 17.5 Å². The van der Waals surface area contributed by atoms with Gasteiger partial charge in [-0.3, -0.25) is 4.57 Å². The second-order valence-electron chi connectivity index (χ2n) is 4.36. The Morgan fingerprint density at radius 1 is 1.21 bits per heavy atom. The van der Waals surface area contributed by atoms with E-state index in [-0.39, 0.29) is 5.82 Å². The maximum absolute atomic E-state index is 13.5. The highest BCUT2D eigenvalue weighted by atomic mass is 79.9. The van der Waals surface area contributed by atoms with Gasteiger partial charge in [-0.2, -0.15) is 0 Å². The van der Waals surface area contributed by atoms with E-state index in [1.807, 2.05) is 29.7 Å². The number of H-pyrrole nitrogens is 1. The van der Waals surface area contributed by atoms with Crippen LogP contribution in [0.2, 0.25) is 0 Å². The van der Waals surface area contributed by atoms with Gasteiger partial charge in [0, 0.05) is 4.47 Å². The van der Waals surface area contributed by atoms with E-state index < -0.39 is 0 Å². The lowest BCUT2D eigenvalue weighted by Crippen LogP contribution is -1.98. The third kappa shape index (κ3) is 2.13. The molecule has 0 aliphatic rings. The van der Waals surface area contributed by atoms with Gasteiger partial charge in [-0.25, -0.2) is 4.39 Å². The summed E-state index contributed by atoms with van der Waals surface area (Å²) in [4.78, 5) is 3.13. The Labute approximate surface area is 123 Å². The van der Waals surface area contributed by atoms with Crippen molar-refractivity contribution < 1.29 is 4.39 Å². The van der Waals surface area contributed by atoms with E-state index in [1.54, 1.807) is 6.07 Å². The zero-order valence-electron chi connectivity index (χ0n) is 10.1. The van der Waals surface area contributed by atoms with Crippen molar-refractivity contribution in [2.45, 2.75) is 6.92 Å². The van der Waals surface area contributed by atoms with Crippen molar-refractivity contribution in [1.82, 2.24) is 9.55 Å². The first-order valence-corrected chi connectivity index (χ1v) is 6.93. The minimum atomic E-state index is -0.271. The van der Waals surface area contributed by atoms with Crippen molar-refractivity contribution in [3.8, 4) is 5.69 Å². The molecule has 0 radical (unpaired) electrons. The highest BCUT2D eigenvalue weighted by molar-refractivity contribution is 9.10. The van der Waals surface area contributed by atoms with Crippen LogP contribution in [0.15, 0.2) is 40.9 Å². The van der Waals surface area contributed by atoms with Crippen LogP contribution in [0.1, 0.15) is 5.56 Å². The Morgan fingerprint density at radius 2 is 2.00 bits per heavy atom. The number of aromatic amines is 1. The summed E-state index contributed by atoms with van der Waals surface area (Å²) in [6.45, 7) is 1.94. The molecule has 3 aromatic rings. The van der Waals surface area contributed by atoms with Crippen molar-refractivity contribution in [3.63, 3.8) is 0 Å². The fraction of sp³-hybridized carbons (Fsp3) is 0.0714. The maximum atomic E-state index is 13.5. The number of fused-ring (bicyclic) bond motifs is 1. The smallest absolute Gasteiger partial charge is 0.182 e. The monoisotopic (exact) mass is 336 g/mol. The molecule has 0 spiro atoms. The molecule has 96 valence electrons. The average molecular weight is 337 g/mol. The molecule has 2 nitrogen and oxygen atoms in total. The second-order valence-corrected chi connectivity index (χ2v) is 5.66. The van der Waals surface area contributed by atoms with Crippen LogP contribution < -0.4 is 0 Å². The quantitative estimate of drug-likeness (QED) is 0.627. The number of benzene rings is 2. The van der Waals surface area contributed by atoms with Crippen LogP contribution in [0.25, 0.3) is 16.7 Å². The molecule has 0 aliphatic carbocycles. The van der Waals surface area contributed by atoms with E-state index in [0.29, 0.717) is 4.77 Å². The summed E-state index contributed by atoms with van der Waals surface area (Å²) < 4.78 is 16.9. The fourth-order valence-corrected chi connectivity index (χ4v) is 2.79. The number of hydrogen-bond donors (Lipinski definition) is 1. The van der Waals surface area contributed by atoms with Crippen molar-refractivity contribution >= 4 is 39.2 Å². The molecular formula is C14H10BrFN2S. The van der Waals surface area contributed by atoms with E-state index in [1.165, 1.54) is 12.1 Å². The van der Waals surface area contributed by atoms with Gasteiger partial charge in [0.2, 0.25) is 0 Å². The Bertz CT molecular complexity index is 835. The number of imidazole rings is 1. The fourth-order valence-electron chi connectivity index (χ4n) is 2.14. The van der Waals surface area contributed by atoms with Crippen LogP contribution >= 0.6 is 28.1 Å². The van der Waals surface area contributed by atoms with Gasteiger partial charge in [-0.15, -0.1) is 0 Å². The molecule has 2 aromatic carbocycles. The molecule has 1 heterocycles. The number of aromatic nitrogens is 2. The molecular weight excluding hydrogens is 327 g/mol. The number of nitrogens with zero attached hydrogens (tertiary/aromatic N) is 1. The molecule has 0 unspecified atom stereocenters. The van der Waals surface area contributed by atoms with E-state index in [4.69, 9.17) is 12.2 Å². The third-order valence-electron chi connectivity index (χ3n) is 3.06. The van der Waals surface area contributed by atoms with Gasteiger partial charge >= 0.3 is 0 Å². The van der Waals surface area contributed by atoms with Gasteiger partial charge < -0.3 is 4.98 Å². The predicted octanol–water partition coefficient (Wildman–Crippen LogP) is 4.90. The summed E-state index contributed by atoms with van der Waals surface area (Å²) in [5, 5.41) is 0. The summed E-state index contributed by atoms with van der Waals surface area (Å²) in [6.07, 6.45) is 0. The van der Waals surface area contributed by atoms with Crippen LogP contribution in [-0.4, -0.2) is 9.55 Å². The van der Waals surface area contributed by atoms with Crippen molar-refractivity contribution in [2.75, 3.05) is 0 Å². The van der Waals surface area contributed by atoms with Crippen LogP contribution in [0.3, 0.4) is 0 Å². The molecule has 0 saturated carbocycles. The molecule has 0 saturated heterocycles. The minimum Gasteiger partial charge on any atom is -0.330 e. The van der Waals surface area contributed by atoms with Crippen LogP contribution in [0.5, 0.6) is 0 Å². The average Bonchev–Trinajstić information content (AvgIpc) is 2.68. The van der Waals surface area contributed by atoms with Crippen LogP contribution in [-0.2, 0) is 0 Å². The zero-order valence-corrected chi connectivity index (χ0v) is 12.5. The van der Waals surface area contributed by atoms with Gasteiger partial charge in [-0.05, 0) is 55.0 Å². The second kappa shape index (κ2) is 4.58. The number of halogens is 2. The largest absolute Gasteiger partial charge is 0.330 e. The minimum absolute atomic E-state index is 0.271. The summed E-state index contributed by atoms with van der Waals surface area (Å²) in [7, 11) is 0. The first-order chi connectivity index (χ1) is 9.06. The Balaban J connectivity index is 2.42. The summed E-state index contributed by atoms with van der Waals surface area (Å²) in [5.74, 6) is -0.271. The van der Waals surface area contributed by atoms with Crippen molar-refractivity contribution in [3.05, 3.63) is 57.0 Å². The molecule has 0 fully saturated rings. The van der Waals surface area contributed by atoms with Crippen molar-refractivity contribution in [2.24, 2.45) is 0 Å². The SMILES string of the molecule is Cc1ccc(F)cc1-n1c(=S)[nH]c2ccc(Br)cc21. The van der Waals surface area contributed by atoms with Gasteiger partial charge in [0.25, 0.3) is 0 Å². The molecule has 0 amide bonds. The van der Waals surface area contributed by atoms with Gasteiger partial charge in [-0.1, -0.05) is 22.0 Å². The van der Waals surface area contributed by atoms with E-state index in [9.17, 15) is 4.39 Å². The highest BCUT2D eigenvalue weighted by Crippen LogP contribution is 2.25. The van der Waals surface area contributed by atoms with E-state index in [2.05, 4.69) is 20.9 Å². The standard InChI is InChI=1S/C14H10BrFN2S/c1-8-2-4-10(16)7-12(8)18-13-6-9(15)3-5-11(13)17-14(18)19/h2-7H,1H3,(H,17,19). The summed E-state index contributed by atoms with van der Waals surface area (Å²) >= 11 is 8.80. The van der Waals surface area contributed by atoms with Gasteiger partial charge in [0.05, 0.1) is 16.7 Å². The van der Waals surface area contributed by atoms with Gasteiger partial charge in [0.1, 0.15) is 5.82 Å². The Kier molecular flexibility index (Phi) is 3.03. The zero-order chi connectivity index (χ0) is 13.6. The first kappa shape index (κ1) is 12.6. The van der Waals surface area contributed by atoms with Crippen molar-refractivity contribution in [1.29, 1.82) is 0 Å². The maximum Gasteiger partial charge on any atom is 0.182 e. The molecule has 19 heavy (non-hydrogen) atoms. The topological polar surface area (TPSA) is 20.7 Å². The third-order valence-corrected chi connectivity index (χ3v) is 3.84. The summed E-state index contributed by atoms with van der Waals surface area (Å²) in [6, 6.07) is 10.6. The number of hydrogen-bond acceptors (Lipinski definition) is 1. The molecule has 1 aromatic heterocycles. The lowest BCUT2D eigenvalue weighted by atomic mass is 10.2. The molecule has 0 aliphatic heterocycles. The number of aryl methyl sites for hydroxylation is 1. The molecule has 0 bridgehead atoms. The predicted molar refractivity (Wildman–Crippen MR) is 80.9 cm³/mol. The lowest BCUT2D eigenvalue weighted by Gasteiger charge is -2.08. The lowest BCUT2D eigenvalue weighted by molar-refractivity contribution is 0.626. The Morgan fingerprint density at radius 3 is 2.79 bits per heavy atom. The normalized spacial score (nSPS) is 11.1. The molecule has 0 atom stereocenters. The summed E-state index contributed by atoms with van der Waals surface area (Å²) in [5.41, 5.74) is 3.58. The van der Waals surface area contributed by atoms with Gasteiger partial charge in [0.15, 0.2) is 4.77 Å². The van der Waals surface area contributed by atoms with E-state index >= 15 is 0 Å². The van der Waals surface area contributed by atoms with Crippen LogP contribution in [0.4, 0.5) is 4.39 Å². The number of nitrogens with one attached hydrogen (secondary N) is 1. The number of rotatable bonds is 1. The molecule has 1 N–H and O–H groups in total. The highest BCUT2D eigenvalue weighted by Gasteiger charge is 2.10.